The fraction of sp³-hybridized carbons (Fsp3) is 0.136. The summed E-state index contributed by atoms with van der Waals surface area (Å²) in [4.78, 5) is 13.8. The maximum absolute atomic E-state index is 13.8. The molecule has 4 rings (SSSR count). The van der Waals surface area contributed by atoms with Gasteiger partial charge in [-0.05, 0) is 23.3 Å². The third-order valence-corrected chi connectivity index (χ3v) is 5.30. The molecule has 0 amide bonds. The number of ketones is 1. The van der Waals surface area contributed by atoms with Crippen molar-refractivity contribution in [2.75, 3.05) is 13.7 Å². The zero-order chi connectivity index (χ0) is 19.9. The predicted molar refractivity (Wildman–Crippen MR) is 105 cm³/mol. The van der Waals surface area contributed by atoms with Gasteiger partial charge in [-0.1, -0.05) is 54.1 Å². The van der Waals surface area contributed by atoms with Gasteiger partial charge in [-0.2, -0.15) is 0 Å². The highest BCUT2D eigenvalue weighted by Gasteiger charge is 2.49. The van der Waals surface area contributed by atoms with Crippen LogP contribution in [-0.4, -0.2) is 29.7 Å². The molecule has 1 unspecified atom stereocenters. The van der Waals surface area contributed by atoms with Crippen LogP contribution >= 0.6 is 11.6 Å². The molecule has 142 valence electrons. The Bertz CT molecular complexity index is 1060. The molecule has 0 spiro atoms. The summed E-state index contributed by atoms with van der Waals surface area (Å²) in [5.74, 6) is -1.28. The summed E-state index contributed by atoms with van der Waals surface area (Å²) in [6.07, 6.45) is 0. The molecule has 0 aromatic heterocycles. The minimum Gasteiger partial charge on any atom is -0.504 e. The fourth-order valence-corrected chi connectivity index (χ4v) is 3.83. The standard InChI is InChI=1S/C22H17ClO5/c1-27-17-11-16-18(20(25)19(17)24)21(26)22(12-28-16,13-6-3-2-4-7-13)14-8-5-9-15(23)10-14/h2-11,24-25H,12H2,1H3. The summed E-state index contributed by atoms with van der Waals surface area (Å²) in [5.41, 5.74) is 0.0186. The van der Waals surface area contributed by atoms with E-state index in [9.17, 15) is 15.0 Å². The molecular weight excluding hydrogens is 380 g/mol. The van der Waals surface area contributed by atoms with Gasteiger partial charge in [0.25, 0.3) is 0 Å². The topological polar surface area (TPSA) is 76.0 Å². The first-order valence-corrected chi connectivity index (χ1v) is 8.99. The van der Waals surface area contributed by atoms with E-state index in [1.54, 1.807) is 24.3 Å². The Morgan fingerprint density at radius 2 is 1.71 bits per heavy atom. The number of aromatic hydroxyl groups is 2. The minimum atomic E-state index is -1.22. The van der Waals surface area contributed by atoms with Crippen molar-refractivity contribution in [3.63, 3.8) is 0 Å². The van der Waals surface area contributed by atoms with E-state index in [0.29, 0.717) is 16.1 Å². The number of phenolic OH excluding ortho intramolecular Hbond substituents is 2. The first kappa shape index (κ1) is 18.2. The van der Waals surface area contributed by atoms with Crippen LogP contribution in [0.3, 0.4) is 0 Å². The number of methoxy groups -OCH3 is 1. The Morgan fingerprint density at radius 1 is 1.00 bits per heavy atom. The molecule has 0 saturated heterocycles. The number of carbonyl (C=O) groups excluding carboxylic acids is 1. The smallest absolute Gasteiger partial charge is 0.201 e. The quantitative estimate of drug-likeness (QED) is 0.645. The molecule has 0 bridgehead atoms. The van der Waals surface area contributed by atoms with Crippen molar-refractivity contribution < 1.29 is 24.5 Å². The van der Waals surface area contributed by atoms with Crippen molar-refractivity contribution in [3.05, 3.63) is 82.4 Å². The van der Waals surface area contributed by atoms with Gasteiger partial charge in [-0.15, -0.1) is 0 Å². The lowest BCUT2D eigenvalue weighted by molar-refractivity contribution is 0.0811. The number of hydrogen-bond acceptors (Lipinski definition) is 5. The Hall–Kier alpha value is -3.18. The Morgan fingerprint density at radius 3 is 2.39 bits per heavy atom. The summed E-state index contributed by atoms with van der Waals surface area (Å²) in [6, 6.07) is 17.6. The molecule has 1 aliphatic heterocycles. The van der Waals surface area contributed by atoms with E-state index in [1.165, 1.54) is 13.2 Å². The van der Waals surface area contributed by atoms with Crippen LogP contribution in [0.4, 0.5) is 0 Å². The summed E-state index contributed by atoms with van der Waals surface area (Å²) >= 11 is 6.20. The molecular formula is C22H17ClO5. The van der Waals surface area contributed by atoms with Crippen LogP contribution in [0.1, 0.15) is 21.5 Å². The highest BCUT2D eigenvalue weighted by molar-refractivity contribution is 6.30. The maximum atomic E-state index is 13.8. The highest BCUT2D eigenvalue weighted by atomic mass is 35.5. The first-order valence-electron chi connectivity index (χ1n) is 8.61. The van der Waals surface area contributed by atoms with Crippen molar-refractivity contribution in [2.24, 2.45) is 0 Å². The van der Waals surface area contributed by atoms with E-state index < -0.39 is 22.7 Å². The van der Waals surface area contributed by atoms with Gasteiger partial charge in [0.1, 0.15) is 23.3 Å². The predicted octanol–water partition coefficient (Wildman–Crippen LogP) is 4.32. The van der Waals surface area contributed by atoms with E-state index in [0.717, 1.165) is 0 Å². The highest BCUT2D eigenvalue weighted by Crippen LogP contribution is 2.50. The molecule has 6 heteroatoms. The van der Waals surface area contributed by atoms with Gasteiger partial charge in [0.2, 0.25) is 5.75 Å². The van der Waals surface area contributed by atoms with Crippen molar-refractivity contribution in [1.29, 1.82) is 0 Å². The van der Waals surface area contributed by atoms with Gasteiger partial charge >= 0.3 is 0 Å². The largest absolute Gasteiger partial charge is 0.504 e. The average Bonchev–Trinajstić information content (AvgIpc) is 2.71. The molecule has 0 aliphatic carbocycles. The number of Topliss-reactive ketones (excluding diaryl/α,β-unsaturated/α-hetero) is 1. The van der Waals surface area contributed by atoms with Gasteiger partial charge in [0, 0.05) is 11.1 Å². The zero-order valence-electron chi connectivity index (χ0n) is 15.0. The van der Waals surface area contributed by atoms with Gasteiger partial charge in [0.15, 0.2) is 17.3 Å². The van der Waals surface area contributed by atoms with Crippen LogP contribution in [-0.2, 0) is 5.41 Å². The number of fused-ring (bicyclic) bond motifs is 1. The molecule has 3 aromatic rings. The molecule has 28 heavy (non-hydrogen) atoms. The molecule has 3 aromatic carbocycles. The minimum absolute atomic E-state index is 0.0105. The van der Waals surface area contributed by atoms with Crippen LogP contribution in [0.15, 0.2) is 60.7 Å². The van der Waals surface area contributed by atoms with Crippen LogP contribution in [0.5, 0.6) is 23.0 Å². The lowest BCUT2D eigenvalue weighted by Crippen LogP contribution is -2.46. The number of carbonyl (C=O) groups is 1. The Balaban J connectivity index is 2.00. The number of benzene rings is 3. The van der Waals surface area contributed by atoms with Crippen molar-refractivity contribution in [1.82, 2.24) is 0 Å². The van der Waals surface area contributed by atoms with Gasteiger partial charge in [0.05, 0.1) is 7.11 Å². The zero-order valence-corrected chi connectivity index (χ0v) is 15.7. The number of rotatable bonds is 3. The average molecular weight is 397 g/mol. The van der Waals surface area contributed by atoms with E-state index in [-0.39, 0.29) is 23.7 Å². The summed E-state index contributed by atoms with van der Waals surface area (Å²) in [7, 11) is 1.35. The van der Waals surface area contributed by atoms with Crippen LogP contribution in [0.25, 0.3) is 0 Å². The van der Waals surface area contributed by atoms with Crippen LogP contribution < -0.4 is 9.47 Å². The number of ether oxygens (including phenoxy) is 2. The Labute approximate surface area is 166 Å². The molecule has 0 radical (unpaired) electrons. The summed E-state index contributed by atoms with van der Waals surface area (Å²) in [6.45, 7) is 0.0105. The third kappa shape index (κ3) is 2.59. The van der Waals surface area contributed by atoms with Gasteiger partial charge in [-0.3, -0.25) is 4.79 Å². The molecule has 5 nitrogen and oxygen atoms in total. The van der Waals surface area contributed by atoms with Crippen molar-refractivity contribution in [2.45, 2.75) is 5.41 Å². The van der Waals surface area contributed by atoms with E-state index in [1.807, 2.05) is 30.3 Å². The van der Waals surface area contributed by atoms with Crippen LogP contribution in [0.2, 0.25) is 5.02 Å². The molecule has 1 aliphatic rings. The Kier molecular flexibility index (Phi) is 4.40. The van der Waals surface area contributed by atoms with Gasteiger partial charge in [-0.25, -0.2) is 0 Å². The lowest BCUT2D eigenvalue weighted by Gasteiger charge is -2.38. The number of hydrogen-bond donors (Lipinski definition) is 2. The maximum Gasteiger partial charge on any atom is 0.201 e. The monoisotopic (exact) mass is 396 g/mol. The lowest BCUT2D eigenvalue weighted by atomic mass is 9.68. The molecule has 2 N–H and O–H groups in total. The molecule has 1 atom stereocenters. The first-order chi connectivity index (χ1) is 13.5. The van der Waals surface area contributed by atoms with Crippen molar-refractivity contribution >= 4 is 17.4 Å². The second-order valence-electron chi connectivity index (χ2n) is 6.55. The van der Waals surface area contributed by atoms with E-state index in [4.69, 9.17) is 21.1 Å². The van der Waals surface area contributed by atoms with Crippen molar-refractivity contribution in [3.8, 4) is 23.0 Å². The number of halogens is 1. The van der Waals surface area contributed by atoms with E-state index in [2.05, 4.69) is 0 Å². The second kappa shape index (κ2) is 6.77. The SMILES string of the molecule is COc1cc2c(c(O)c1O)C(=O)C(c1ccccc1)(c1cccc(Cl)c1)CO2. The third-order valence-electron chi connectivity index (χ3n) is 5.07. The normalized spacial score (nSPS) is 18.3. The number of phenols is 2. The molecule has 1 heterocycles. The summed E-state index contributed by atoms with van der Waals surface area (Å²) in [5, 5.41) is 21.3. The molecule has 0 fully saturated rings. The molecule has 0 saturated carbocycles. The summed E-state index contributed by atoms with van der Waals surface area (Å²) < 4.78 is 11.0. The van der Waals surface area contributed by atoms with Crippen LogP contribution in [0, 0.1) is 0 Å². The fourth-order valence-electron chi connectivity index (χ4n) is 3.64. The van der Waals surface area contributed by atoms with Gasteiger partial charge < -0.3 is 19.7 Å². The second-order valence-corrected chi connectivity index (χ2v) is 6.99. The van der Waals surface area contributed by atoms with E-state index >= 15 is 0 Å².